The summed E-state index contributed by atoms with van der Waals surface area (Å²) in [5, 5.41) is 3.34. The van der Waals surface area contributed by atoms with Crippen LogP contribution < -0.4 is 0 Å². The van der Waals surface area contributed by atoms with Crippen molar-refractivity contribution in [1.29, 1.82) is 0 Å². The highest BCUT2D eigenvalue weighted by atomic mass is 16.3. The van der Waals surface area contributed by atoms with Crippen LogP contribution in [0.3, 0.4) is 0 Å². The normalized spacial score (nSPS) is 14.9. The van der Waals surface area contributed by atoms with Crippen molar-refractivity contribution in [2.24, 2.45) is 9.98 Å². The SMILES string of the molecule is CN1C(c2ccccc2)=NC(c2cccc(-n3c4ccccc4c4c5oc(-c6ccccc6)cc5ccc43)c2)=NC1c1ccccc1. The Balaban J connectivity index is 1.22. The largest absolute Gasteiger partial charge is 0.455 e. The first-order chi connectivity index (χ1) is 23.2. The molecular weight excluding hydrogens is 576 g/mol. The van der Waals surface area contributed by atoms with E-state index in [1.165, 1.54) is 0 Å². The number of aromatic nitrogens is 1. The summed E-state index contributed by atoms with van der Waals surface area (Å²) < 4.78 is 8.93. The number of amidine groups is 2. The summed E-state index contributed by atoms with van der Waals surface area (Å²) in [6.07, 6.45) is -0.207. The molecule has 1 atom stereocenters. The zero-order valence-electron chi connectivity index (χ0n) is 25.8. The first-order valence-electron chi connectivity index (χ1n) is 15.8. The van der Waals surface area contributed by atoms with Gasteiger partial charge in [0.2, 0.25) is 0 Å². The third-order valence-electron chi connectivity index (χ3n) is 9.03. The zero-order valence-corrected chi connectivity index (χ0v) is 25.8. The topological polar surface area (TPSA) is 46.0 Å². The number of aliphatic imine (C=N–C) groups is 2. The summed E-state index contributed by atoms with van der Waals surface area (Å²) in [5.41, 5.74) is 8.34. The Hall–Kier alpha value is -6.20. The first kappa shape index (κ1) is 27.1. The number of para-hydroxylation sites is 1. The molecular formula is C42H30N4O. The van der Waals surface area contributed by atoms with E-state index in [-0.39, 0.29) is 6.17 Å². The van der Waals surface area contributed by atoms with E-state index in [4.69, 9.17) is 14.4 Å². The van der Waals surface area contributed by atoms with E-state index in [0.29, 0.717) is 5.84 Å². The van der Waals surface area contributed by atoms with Crippen LogP contribution in [-0.2, 0) is 0 Å². The summed E-state index contributed by atoms with van der Waals surface area (Å²) in [6.45, 7) is 0. The van der Waals surface area contributed by atoms with Gasteiger partial charge in [-0.1, -0.05) is 121 Å². The van der Waals surface area contributed by atoms with Crippen LogP contribution in [0.15, 0.2) is 172 Å². The summed E-state index contributed by atoms with van der Waals surface area (Å²) in [6, 6.07) is 54.7. The van der Waals surface area contributed by atoms with Crippen LogP contribution in [0.4, 0.5) is 0 Å². The Morgan fingerprint density at radius 1 is 0.596 bits per heavy atom. The molecule has 0 bridgehead atoms. The maximum Gasteiger partial charge on any atom is 0.159 e. The second-order valence-electron chi connectivity index (χ2n) is 11.9. The highest BCUT2D eigenvalue weighted by Crippen LogP contribution is 2.40. The van der Waals surface area contributed by atoms with E-state index in [2.05, 4.69) is 144 Å². The molecule has 5 heteroatoms. The fourth-order valence-electron chi connectivity index (χ4n) is 6.80. The Kier molecular flexibility index (Phi) is 6.35. The van der Waals surface area contributed by atoms with Gasteiger partial charge in [0, 0.05) is 40.2 Å². The molecule has 9 rings (SSSR count). The molecule has 1 aliphatic heterocycles. The van der Waals surface area contributed by atoms with Gasteiger partial charge in [0.1, 0.15) is 23.3 Å². The maximum absolute atomic E-state index is 6.61. The Bertz CT molecular complexity index is 2470. The number of rotatable bonds is 5. The highest BCUT2D eigenvalue weighted by molar-refractivity contribution is 6.20. The summed E-state index contributed by atoms with van der Waals surface area (Å²) in [4.78, 5) is 12.6. The number of benzene rings is 6. The molecule has 1 aliphatic rings. The maximum atomic E-state index is 6.61. The van der Waals surface area contributed by atoms with Crippen molar-refractivity contribution < 1.29 is 4.42 Å². The number of hydrogen-bond donors (Lipinski definition) is 0. The average Bonchev–Trinajstić information content (AvgIpc) is 3.72. The molecule has 0 saturated carbocycles. The molecule has 3 heterocycles. The van der Waals surface area contributed by atoms with Gasteiger partial charge in [0.05, 0.1) is 16.4 Å². The van der Waals surface area contributed by atoms with Gasteiger partial charge in [0.15, 0.2) is 5.84 Å². The smallest absolute Gasteiger partial charge is 0.159 e. The van der Waals surface area contributed by atoms with E-state index in [1.54, 1.807) is 0 Å². The van der Waals surface area contributed by atoms with Crippen molar-refractivity contribution in [1.82, 2.24) is 9.47 Å². The molecule has 1 unspecified atom stereocenters. The van der Waals surface area contributed by atoms with Gasteiger partial charge < -0.3 is 13.9 Å². The molecule has 0 N–H and O–H groups in total. The van der Waals surface area contributed by atoms with Crippen LogP contribution in [0.5, 0.6) is 0 Å². The zero-order chi connectivity index (χ0) is 31.3. The first-order valence-corrected chi connectivity index (χ1v) is 15.8. The molecule has 0 aliphatic carbocycles. The Labute approximate surface area is 272 Å². The van der Waals surface area contributed by atoms with Gasteiger partial charge in [0.25, 0.3) is 0 Å². The van der Waals surface area contributed by atoms with E-state index < -0.39 is 0 Å². The quantitative estimate of drug-likeness (QED) is 0.196. The van der Waals surface area contributed by atoms with Crippen molar-refractivity contribution >= 4 is 44.4 Å². The number of nitrogens with zero attached hydrogens (tertiary/aromatic N) is 4. The third kappa shape index (κ3) is 4.55. The van der Waals surface area contributed by atoms with Crippen LogP contribution in [0.2, 0.25) is 0 Å². The summed E-state index contributed by atoms with van der Waals surface area (Å²) in [7, 11) is 2.07. The van der Waals surface area contributed by atoms with E-state index in [0.717, 1.165) is 72.3 Å². The van der Waals surface area contributed by atoms with Crippen LogP contribution in [0, 0.1) is 0 Å². The third-order valence-corrected chi connectivity index (χ3v) is 9.03. The molecule has 0 spiro atoms. The van der Waals surface area contributed by atoms with Crippen molar-refractivity contribution in [2.75, 3.05) is 7.05 Å². The van der Waals surface area contributed by atoms with Gasteiger partial charge in [-0.3, -0.25) is 0 Å². The Morgan fingerprint density at radius 3 is 2.06 bits per heavy atom. The van der Waals surface area contributed by atoms with E-state index in [1.807, 2.05) is 30.3 Å². The molecule has 8 aromatic rings. The second-order valence-corrected chi connectivity index (χ2v) is 11.9. The summed E-state index contributed by atoms with van der Waals surface area (Å²) >= 11 is 0. The van der Waals surface area contributed by atoms with Crippen LogP contribution in [0.1, 0.15) is 22.9 Å². The number of fused-ring (bicyclic) bond motifs is 5. The molecule has 0 saturated heterocycles. The molecule has 224 valence electrons. The van der Waals surface area contributed by atoms with Crippen molar-refractivity contribution in [3.8, 4) is 17.0 Å². The lowest BCUT2D eigenvalue weighted by Gasteiger charge is -2.32. The van der Waals surface area contributed by atoms with Gasteiger partial charge in [-0.15, -0.1) is 0 Å². The van der Waals surface area contributed by atoms with Gasteiger partial charge in [-0.2, -0.15) is 0 Å². The van der Waals surface area contributed by atoms with Gasteiger partial charge >= 0.3 is 0 Å². The van der Waals surface area contributed by atoms with Gasteiger partial charge in [-0.05, 0) is 42.0 Å². The number of furan rings is 1. The van der Waals surface area contributed by atoms with Crippen molar-refractivity contribution in [3.05, 3.63) is 174 Å². The minimum atomic E-state index is -0.207. The molecule has 47 heavy (non-hydrogen) atoms. The highest BCUT2D eigenvalue weighted by Gasteiger charge is 2.27. The fourth-order valence-corrected chi connectivity index (χ4v) is 6.80. The lowest BCUT2D eigenvalue weighted by Crippen LogP contribution is -2.35. The molecule has 2 aromatic heterocycles. The molecule has 5 nitrogen and oxygen atoms in total. The average molecular weight is 607 g/mol. The molecule has 0 fully saturated rings. The predicted octanol–water partition coefficient (Wildman–Crippen LogP) is 10.0. The molecule has 0 amide bonds. The van der Waals surface area contributed by atoms with Crippen LogP contribution in [-0.4, -0.2) is 28.2 Å². The fraction of sp³-hybridized carbons (Fsp3) is 0.0476. The summed E-state index contributed by atoms with van der Waals surface area (Å²) in [5.74, 6) is 2.47. The van der Waals surface area contributed by atoms with Crippen molar-refractivity contribution in [3.63, 3.8) is 0 Å². The lowest BCUT2D eigenvalue weighted by molar-refractivity contribution is 0.383. The predicted molar refractivity (Wildman–Crippen MR) is 192 cm³/mol. The van der Waals surface area contributed by atoms with Gasteiger partial charge in [-0.25, -0.2) is 9.98 Å². The van der Waals surface area contributed by atoms with E-state index in [9.17, 15) is 0 Å². The standard InChI is InChI=1S/C42H30N4O/c1-45-41(29-16-7-3-8-17-29)43-40(44-42(45)30-18-9-4-10-19-30)32-20-13-21-33(26-32)46-35-23-12-11-22-34(35)38-36(46)25-24-31-27-37(47-39(31)38)28-14-5-2-6-15-28/h2-27,41H,1H3. The minimum absolute atomic E-state index is 0.207. The monoisotopic (exact) mass is 606 g/mol. The lowest BCUT2D eigenvalue weighted by atomic mass is 10.1. The van der Waals surface area contributed by atoms with E-state index >= 15 is 0 Å². The van der Waals surface area contributed by atoms with Crippen molar-refractivity contribution in [2.45, 2.75) is 6.17 Å². The molecule has 0 radical (unpaired) electrons. The molecule has 6 aromatic carbocycles. The Morgan fingerprint density at radius 2 is 1.28 bits per heavy atom. The second kappa shape index (κ2) is 11.0. The number of hydrogen-bond acceptors (Lipinski definition) is 4. The minimum Gasteiger partial charge on any atom is -0.455 e. The van der Waals surface area contributed by atoms with Crippen LogP contribution in [0.25, 0.3) is 49.8 Å². The van der Waals surface area contributed by atoms with Crippen LogP contribution >= 0.6 is 0 Å².